The number of carbonyl (C=O) groups is 1. The van der Waals surface area contributed by atoms with Crippen LogP contribution in [0.5, 0.6) is 0 Å². The van der Waals surface area contributed by atoms with Crippen LogP contribution in [0.4, 0.5) is 14.6 Å². The Kier molecular flexibility index (Phi) is 5.03. The number of aliphatic carboxylic acids is 1. The maximum Gasteiger partial charge on any atom is 0.308 e. The lowest BCUT2D eigenvalue weighted by molar-refractivity contribution is -0.143. The fraction of sp³-hybridized carbons (Fsp3) is 0.304. The molecule has 0 radical (unpaired) electrons. The van der Waals surface area contributed by atoms with Crippen LogP contribution in [0, 0.1) is 29.4 Å². The Morgan fingerprint density at radius 2 is 2.06 bits per heavy atom. The Morgan fingerprint density at radius 1 is 1.24 bits per heavy atom. The van der Waals surface area contributed by atoms with Crippen LogP contribution in [0.15, 0.2) is 30.6 Å². The van der Waals surface area contributed by atoms with Crippen LogP contribution in [-0.4, -0.2) is 37.1 Å². The van der Waals surface area contributed by atoms with E-state index in [1.165, 1.54) is 17.4 Å². The first-order chi connectivity index (χ1) is 16.4. The van der Waals surface area contributed by atoms with Crippen molar-refractivity contribution in [3.8, 4) is 22.0 Å². The van der Waals surface area contributed by atoms with Crippen molar-refractivity contribution in [3.63, 3.8) is 0 Å². The van der Waals surface area contributed by atoms with Gasteiger partial charge in [0.25, 0.3) is 0 Å². The molecule has 0 saturated heterocycles. The summed E-state index contributed by atoms with van der Waals surface area (Å²) in [6.45, 7) is 0. The molecule has 0 aromatic carbocycles. The first-order valence-electron chi connectivity index (χ1n) is 10.8. The summed E-state index contributed by atoms with van der Waals surface area (Å²) in [5, 5.41) is 13.4. The van der Waals surface area contributed by atoms with Crippen molar-refractivity contribution in [1.82, 2.24) is 19.9 Å². The van der Waals surface area contributed by atoms with Crippen molar-refractivity contribution < 1.29 is 18.7 Å². The normalized spacial score (nSPS) is 23.6. The van der Waals surface area contributed by atoms with Crippen molar-refractivity contribution in [2.75, 3.05) is 5.32 Å². The van der Waals surface area contributed by atoms with E-state index in [1.54, 1.807) is 18.3 Å². The number of nitrogens with one attached hydrogen (secondary N) is 2. The number of aromatic nitrogens is 4. The van der Waals surface area contributed by atoms with Crippen LogP contribution in [0.2, 0.25) is 4.34 Å². The number of rotatable bonds is 5. The maximum atomic E-state index is 15.7. The summed E-state index contributed by atoms with van der Waals surface area (Å²) in [7, 11) is 0. The monoisotopic (exact) mass is 501 g/mol. The smallest absolute Gasteiger partial charge is 0.308 e. The second-order valence-corrected chi connectivity index (χ2v) is 10.5. The largest absolute Gasteiger partial charge is 0.481 e. The van der Waals surface area contributed by atoms with Gasteiger partial charge in [-0.2, -0.15) is 0 Å². The molecule has 34 heavy (non-hydrogen) atoms. The van der Waals surface area contributed by atoms with E-state index in [0.29, 0.717) is 25.8 Å². The molecule has 174 valence electrons. The number of pyridine rings is 1. The number of aromatic amines is 1. The lowest BCUT2D eigenvalue weighted by atomic mass is 9.84. The molecule has 0 aliphatic heterocycles. The average molecular weight is 502 g/mol. The second kappa shape index (κ2) is 7.99. The molecular weight excluding hydrogens is 484 g/mol. The minimum atomic E-state index is -0.886. The summed E-state index contributed by atoms with van der Waals surface area (Å²) >= 11 is 7.26. The summed E-state index contributed by atoms with van der Waals surface area (Å²) < 4.78 is 30.1. The van der Waals surface area contributed by atoms with Gasteiger partial charge in [-0.3, -0.25) is 4.79 Å². The Labute approximate surface area is 201 Å². The summed E-state index contributed by atoms with van der Waals surface area (Å²) in [5.41, 5.74) is 0.938. The van der Waals surface area contributed by atoms with Gasteiger partial charge in [-0.1, -0.05) is 11.6 Å². The maximum absolute atomic E-state index is 15.7. The Balaban J connectivity index is 1.50. The standard InChI is InChI=1S/C23H18ClF2N5O2S/c24-15-4-3-14(34-15)19-17(26)22(29-18-10-2-1-9(5-10)16(18)23(32)33)31-21(30-19)13-8-28-20-12(13)6-11(25)7-27-20/h3-4,6-10,16,18H,1-2,5H2,(H,27,28)(H,32,33)(H,29,30,31). The average Bonchev–Trinajstić information content (AvgIpc) is 3.58. The van der Waals surface area contributed by atoms with E-state index >= 15 is 4.39 Å². The van der Waals surface area contributed by atoms with E-state index in [0.717, 1.165) is 25.5 Å². The number of nitrogens with zero attached hydrogens (tertiary/aromatic N) is 3. The fourth-order valence-electron chi connectivity index (χ4n) is 5.44. The third-order valence-corrected chi connectivity index (χ3v) is 8.14. The van der Waals surface area contributed by atoms with Gasteiger partial charge in [0.1, 0.15) is 17.2 Å². The first kappa shape index (κ1) is 21.4. The number of halogens is 3. The van der Waals surface area contributed by atoms with Gasteiger partial charge in [-0.15, -0.1) is 11.3 Å². The highest BCUT2D eigenvalue weighted by molar-refractivity contribution is 7.19. The first-order valence-corrected chi connectivity index (χ1v) is 12.0. The van der Waals surface area contributed by atoms with Crippen LogP contribution in [-0.2, 0) is 4.79 Å². The third-order valence-electron chi connectivity index (χ3n) is 6.90. The second-order valence-electron chi connectivity index (χ2n) is 8.78. The molecule has 4 aromatic heterocycles. The zero-order valence-corrected chi connectivity index (χ0v) is 19.1. The lowest BCUT2D eigenvalue weighted by Crippen LogP contribution is -2.39. The fourth-order valence-corrected chi connectivity index (χ4v) is 6.47. The molecule has 4 heterocycles. The SMILES string of the molecule is O=C(O)C1C2CCC(C2)C1Nc1nc(-c2c[nH]c3ncc(F)cc23)nc(-c2ccc(Cl)s2)c1F. The molecule has 2 aliphatic rings. The number of anilines is 1. The van der Waals surface area contributed by atoms with Crippen molar-refractivity contribution >= 4 is 45.8 Å². The molecule has 2 fully saturated rings. The summed E-state index contributed by atoms with van der Waals surface area (Å²) in [6.07, 6.45) is 5.25. The highest BCUT2D eigenvalue weighted by atomic mass is 35.5. The van der Waals surface area contributed by atoms with Crippen LogP contribution in [0.1, 0.15) is 19.3 Å². The van der Waals surface area contributed by atoms with Crippen LogP contribution in [0.3, 0.4) is 0 Å². The van der Waals surface area contributed by atoms with Gasteiger partial charge < -0.3 is 15.4 Å². The van der Waals surface area contributed by atoms with Crippen molar-refractivity contribution in [2.45, 2.75) is 25.3 Å². The molecule has 4 atom stereocenters. The number of hydrogen-bond donors (Lipinski definition) is 3. The number of thiophene rings is 1. The minimum absolute atomic E-state index is 0.0399. The zero-order valence-electron chi connectivity index (χ0n) is 17.6. The molecule has 2 aliphatic carbocycles. The molecule has 11 heteroatoms. The van der Waals surface area contributed by atoms with Gasteiger partial charge in [0.2, 0.25) is 0 Å². The van der Waals surface area contributed by atoms with Gasteiger partial charge in [0.05, 0.1) is 21.3 Å². The van der Waals surface area contributed by atoms with Gasteiger partial charge in [-0.25, -0.2) is 23.7 Å². The molecule has 0 spiro atoms. The van der Waals surface area contributed by atoms with Crippen LogP contribution in [0.25, 0.3) is 33.0 Å². The molecule has 3 N–H and O–H groups in total. The Morgan fingerprint density at radius 3 is 2.82 bits per heavy atom. The number of fused-ring (bicyclic) bond motifs is 3. The van der Waals surface area contributed by atoms with Crippen molar-refractivity contribution in [2.24, 2.45) is 17.8 Å². The van der Waals surface area contributed by atoms with E-state index in [9.17, 15) is 14.3 Å². The summed E-state index contributed by atoms with van der Waals surface area (Å²) in [5.74, 6) is -2.41. The van der Waals surface area contributed by atoms with Crippen molar-refractivity contribution in [1.29, 1.82) is 0 Å². The van der Waals surface area contributed by atoms with Gasteiger partial charge in [-0.05, 0) is 49.3 Å². The molecular formula is C23H18ClF2N5O2S. The lowest BCUT2D eigenvalue weighted by Gasteiger charge is -2.29. The minimum Gasteiger partial charge on any atom is -0.481 e. The summed E-state index contributed by atoms with van der Waals surface area (Å²) in [6, 6.07) is 4.19. The van der Waals surface area contributed by atoms with E-state index < -0.39 is 29.6 Å². The quantitative estimate of drug-likeness (QED) is 0.329. The summed E-state index contributed by atoms with van der Waals surface area (Å²) in [4.78, 5) is 28.4. The zero-order chi connectivity index (χ0) is 23.6. The molecule has 2 saturated carbocycles. The third kappa shape index (κ3) is 3.43. The van der Waals surface area contributed by atoms with E-state index in [1.807, 2.05) is 0 Å². The van der Waals surface area contributed by atoms with Crippen LogP contribution >= 0.6 is 22.9 Å². The van der Waals surface area contributed by atoms with Gasteiger partial charge in [0, 0.05) is 23.2 Å². The predicted molar refractivity (Wildman–Crippen MR) is 125 cm³/mol. The predicted octanol–water partition coefficient (Wildman–Crippen LogP) is 5.59. The highest BCUT2D eigenvalue weighted by Crippen LogP contribution is 2.50. The number of H-pyrrole nitrogens is 1. The van der Waals surface area contributed by atoms with Crippen LogP contribution < -0.4 is 5.32 Å². The Hall–Kier alpha value is -3.11. The number of carboxylic acids is 1. The topological polar surface area (TPSA) is 104 Å². The molecule has 6 rings (SSSR count). The number of hydrogen-bond acceptors (Lipinski definition) is 6. The van der Waals surface area contributed by atoms with E-state index in [-0.39, 0.29) is 29.2 Å². The molecule has 7 nitrogen and oxygen atoms in total. The molecule has 0 amide bonds. The highest BCUT2D eigenvalue weighted by Gasteiger charge is 2.51. The Bertz CT molecular complexity index is 1440. The molecule has 2 bridgehead atoms. The van der Waals surface area contributed by atoms with Gasteiger partial charge in [0.15, 0.2) is 17.5 Å². The van der Waals surface area contributed by atoms with Gasteiger partial charge >= 0.3 is 5.97 Å². The molecule has 4 aromatic rings. The van der Waals surface area contributed by atoms with E-state index in [2.05, 4.69) is 25.3 Å². The van der Waals surface area contributed by atoms with E-state index in [4.69, 9.17) is 11.6 Å². The molecule has 4 unspecified atom stereocenters. The van der Waals surface area contributed by atoms with Crippen molar-refractivity contribution in [3.05, 3.63) is 46.6 Å². The number of carboxylic acid groups (broad SMARTS) is 1.